The van der Waals surface area contributed by atoms with Gasteiger partial charge in [-0.15, -0.1) is 0 Å². The third-order valence-electron chi connectivity index (χ3n) is 4.53. The second-order valence-corrected chi connectivity index (χ2v) is 6.93. The lowest BCUT2D eigenvalue weighted by Crippen LogP contribution is -2.32. The Labute approximate surface area is 201 Å². The van der Waals surface area contributed by atoms with Gasteiger partial charge >= 0.3 is 11.8 Å². The molecule has 1 aromatic heterocycles. The molecule has 11 nitrogen and oxygen atoms in total. The molecule has 1 heterocycles. The number of nitrogens with zero attached hydrogens (tertiary/aromatic N) is 1. The van der Waals surface area contributed by atoms with Crippen molar-refractivity contribution in [3.63, 3.8) is 0 Å². The van der Waals surface area contributed by atoms with Crippen LogP contribution in [0.4, 0.5) is 5.69 Å². The van der Waals surface area contributed by atoms with Gasteiger partial charge in [0, 0.05) is 6.07 Å². The van der Waals surface area contributed by atoms with Gasteiger partial charge in [0.15, 0.2) is 6.61 Å². The minimum Gasteiger partial charge on any atom is -0.497 e. The number of carbonyl (C=O) groups excluding carboxylic acids is 3. The van der Waals surface area contributed by atoms with Crippen LogP contribution >= 0.6 is 0 Å². The molecular formula is C24H24N4O7. The van der Waals surface area contributed by atoms with Gasteiger partial charge in [-0.1, -0.05) is 0 Å². The number of hydrogen-bond acceptors (Lipinski definition) is 8. The molecule has 0 saturated carbocycles. The molecular weight excluding hydrogens is 456 g/mol. The van der Waals surface area contributed by atoms with Crippen molar-refractivity contribution in [1.29, 1.82) is 0 Å². The first kappa shape index (κ1) is 24.8. The fourth-order valence-electron chi connectivity index (χ4n) is 2.76. The smallest absolute Gasteiger partial charge is 0.329 e. The molecule has 0 spiro atoms. The molecule has 0 aliphatic heterocycles. The zero-order valence-corrected chi connectivity index (χ0v) is 19.1. The number of furan rings is 1. The molecule has 0 aliphatic carbocycles. The number of methoxy groups -OCH3 is 2. The van der Waals surface area contributed by atoms with Crippen molar-refractivity contribution in [2.45, 2.75) is 6.54 Å². The number of carbonyl (C=O) groups is 3. The van der Waals surface area contributed by atoms with Gasteiger partial charge in [-0.05, 0) is 54.1 Å². The Morgan fingerprint density at radius 3 is 2.43 bits per heavy atom. The van der Waals surface area contributed by atoms with Crippen LogP contribution in [-0.4, -0.2) is 44.8 Å². The molecule has 0 fully saturated rings. The van der Waals surface area contributed by atoms with E-state index in [0.717, 1.165) is 0 Å². The molecule has 3 rings (SSSR count). The number of anilines is 1. The molecule has 0 radical (unpaired) electrons. The molecule has 182 valence electrons. The predicted molar refractivity (Wildman–Crippen MR) is 126 cm³/mol. The van der Waals surface area contributed by atoms with E-state index in [4.69, 9.17) is 18.6 Å². The summed E-state index contributed by atoms with van der Waals surface area (Å²) in [5, 5.41) is 8.90. The van der Waals surface area contributed by atoms with Crippen LogP contribution in [0.3, 0.4) is 0 Å². The van der Waals surface area contributed by atoms with Crippen molar-refractivity contribution in [1.82, 2.24) is 10.7 Å². The van der Waals surface area contributed by atoms with Crippen molar-refractivity contribution in [3.05, 3.63) is 72.2 Å². The quantitative estimate of drug-likeness (QED) is 0.229. The molecule has 0 unspecified atom stereocenters. The van der Waals surface area contributed by atoms with E-state index in [-0.39, 0.29) is 24.7 Å². The maximum atomic E-state index is 12.2. The summed E-state index contributed by atoms with van der Waals surface area (Å²) in [5.74, 6) is -0.208. The lowest BCUT2D eigenvalue weighted by Gasteiger charge is -2.11. The van der Waals surface area contributed by atoms with Gasteiger partial charge in [0.05, 0.1) is 38.9 Å². The van der Waals surface area contributed by atoms with E-state index in [9.17, 15) is 14.4 Å². The zero-order chi connectivity index (χ0) is 25.0. The van der Waals surface area contributed by atoms with Crippen LogP contribution in [0.15, 0.2) is 70.4 Å². The van der Waals surface area contributed by atoms with Crippen molar-refractivity contribution >= 4 is 29.6 Å². The summed E-state index contributed by atoms with van der Waals surface area (Å²) in [5.41, 5.74) is 3.07. The van der Waals surface area contributed by atoms with Crippen LogP contribution in [0.5, 0.6) is 17.2 Å². The average molecular weight is 480 g/mol. The molecule has 11 heteroatoms. The van der Waals surface area contributed by atoms with Crippen molar-refractivity contribution in [2.24, 2.45) is 5.10 Å². The molecule has 0 saturated heterocycles. The number of amides is 3. The normalized spacial score (nSPS) is 10.5. The van der Waals surface area contributed by atoms with E-state index in [0.29, 0.717) is 28.6 Å². The third-order valence-corrected chi connectivity index (χ3v) is 4.53. The Hall–Kier alpha value is -4.80. The number of rotatable bonds is 10. The standard InChI is InChI=1S/C24H24N4O7/c1-32-18-9-10-21(33-2)20(12-18)27-23(30)24(31)28-26-13-16-5-7-17(8-6-16)35-15-22(29)25-14-19-4-3-11-34-19/h3-13H,14-15H2,1-2H3,(H,25,29)(H,27,30)(H,28,31)/b26-13-. The minimum atomic E-state index is -0.966. The number of ether oxygens (including phenoxy) is 3. The highest BCUT2D eigenvalue weighted by Crippen LogP contribution is 2.28. The average Bonchev–Trinajstić information content (AvgIpc) is 3.40. The van der Waals surface area contributed by atoms with Gasteiger partial charge in [0.1, 0.15) is 23.0 Å². The molecule has 3 N–H and O–H groups in total. The van der Waals surface area contributed by atoms with E-state index < -0.39 is 11.8 Å². The highest BCUT2D eigenvalue weighted by molar-refractivity contribution is 6.39. The van der Waals surface area contributed by atoms with E-state index >= 15 is 0 Å². The van der Waals surface area contributed by atoms with Crippen LogP contribution < -0.4 is 30.3 Å². The molecule has 0 bridgehead atoms. The Balaban J connectivity index is 1.44. The Morgan fingerprint density at radius 1 is 0.971 bits per heavy atom. The number of hydrogen-bond donors (Lipinski definition) is 3. The lowest BCUT2D eigenvalue weighted by atomic mass is 10.2. The predicted octanol–water partition coefficient (Wildman–Crippen LogP) is 2.08. The van der Waals surface area contributed by atoms with Crippen LogP contribution in [0.2, 0.25) is 0 Å². The first-order chi connectivity index (χ1) is 17.0. The molecule has 3 amide bonds. The fraction of sp³-hybridized carbons (Fsp3) is 0.167. The Morgan fingerprint density at radius 2 is 1.74 bits per heavy atom. The zero-order valence-electron chi connectivity index (χ0n) is 19.1. The fourth-order valence-corrected chi connectivity index (χ4v) is 2.76. The van der Waals surface area contributed by atoms with Gasteiger partial charge in [-0.25, -0.2) is 5.43 Å². The molecule has 3 aromatic rings. The van der Waals surface area contributed by atoms with E-state index in [1.54, 1.807) is 48.5 Å². The largest absolute Gasteiger partial charge is 0.497 e. The summed E-state index contributed by atoms with van der Waals surface area (Å²) in [4.78, 5) is 36.0. The van der Waals surface area contributed by atoms with E-state index in [2.05, 4.69) is 21.2 Å². The lowest BCUT2D eigenvalue weighted by molar-refractivity contribution is -0.136. The van der Waals surface area contributed by atoms with Gasteiger partial charge in [0.25, 0.3) is 5.91 Å². The minimum absolute atomic E-state index is 0.155. The summed E-state index contributed by atoms with van der Waals surface area (Å²) < 4.78 is 20.8. The summed E-state index contributed by atoms with van der Waals surface area (Å²) >= 11 is 0. The van der Waals surface area contributed by atoms with Gasteiger partial charge in [-0.2, -0.15) is 5.10 Å². The van der Waals surface area contributed by atoms with Crippen molar-refractivity contribution in [3.8, 4) is 17.2 Å². The molecule has 0 aliphatic rings. The van der Waals surface area contributed by atoms with E-state index in [1.165, 1.54) is 32.8 Å². The van der Waals surface area contributed by atoms with Crippen molar-refractivity contribution in [2.75, 3.05) is 26.1 Å². The first-order valence-electron chi connectivity index (χ1n) is 10.4. The van der Waals surface area contributed by atoms with Gasteiger partial charge in [0.2, 0.25) is 0 Å². The molecule has 0 atom stereocenters. The van der Waals surface area contributed by atoms with Crippen LogP contribution in [-0.2, 0) is 20.9 Å². The summed E-state index contributed by atoms with van der Waals surface area (Å²) in [7, 11) is 2.92. The van der Waals surface area contributed by atoms with Crippen molar-refractivity contribution < 1.29 is 33.0 Å². The Kier molecular flexibility index (Phi) is 8.83. The highest BCUT2D eigenvalue weighted by Gasteiger charge is 2.16. The van der Waals surface area contributed by atoms with Gasteiger partial charge in [-0.3, -0.25) is 14.4 Å². The van der Waals surface area contributed by atoms with Crippen LogP contribution in [0, 0.1) is 0 Å². The third kappa shape index (κ3) is 7.63. The summed E-state index contributed by atoms with van der Waals surface area (Å²) in [6.07, 6.45) is 2.89. The number of nitrogens with one attached hydrogen (secondary N) is 3. The van der Waals surface area contributed by atoms with E-state index in [1.807, 2.05) is 0 Å². The second-order valence-electron chi connectivity index (χ2n) is 6.93. The SMILES string of the molecule is COc1ccc(OC)c(NC(=O)C(=O)N/N=C\c2ccc(OCC(=O)NCc3ccco3)cc2)c1. The van der Waals surface area contributed by atoms with Crippen LogP contribution in [0.1, 0.15) is 11.3 Å². The number of hydrazone groups is 1. The summed E-state index contributed by atoms with van der Waals surface area (Å²) in [6, 6.07) is 14.9. The maximum absolute atomic E-state index is 12.2. The highest BCUT2D eigenvalue weighted by atomic mass is 16.5. The summed E-state index contributed by atoms with van der Waals surface area (Å²) in [6.45, 7) is 0.124. The number of benzene rings is 2. The van der Waals surface area contributed by atoms with Gasteiger partial charge < -0.3 is 29.3 Å². The second kappa shape index (κ2) is 12.4. The topological polar surface area (TPSA) is 140 Å². The maximum Gasteiger partial charge on any atom is 0.329 e. The Bertz CT molecular complexity index is 1180. The molecule has 35 heavy (non-hydrogen) atoms. The van der Waals surface area contributed by atoms with Crippen LogP contribution in [0.25, 0.3) is 0 Å². The first-order valence-corrected chi connectivity index (χ1v) is 10.4. The molecule has 2 aromatic carbocycles. The monoisotopic (exact) mass is 480 g/mol.